The number of nitrogens with zero attached hydrogens (tertiary/aromatic N) is 1. The quantitative estimate of drug-likeness (QED) is 0.757. The van der Waals surface area contributed by atoms with Crippen LogP contribution in [0.5, 0.6) is 0 Å². The Morgan fingerprint density at radius 1 is 1.32 bits per heavy atom. The topological polar surface area (TPSA) is 32.3 Å². The summed E-state index contributed by atoms with van der Waals surface area (Å²) >= 11 is 0. The number of alkyl halides is 3. The second-order valence-corrected chi connectivity index (χ2v) is 5.86. The summed E-state index contributed by atoms with van der Waals surface area (Å²) in [5, 5.41) is 1.06. The van der Waals surface area contributed by atoms with Crippen LogP contribution in [-0.2, 0) is 4.79 Å². The highest BCUT2D eigenvalue weighted by atomic mass is 19.4. The third-order valence-electron chi connectivity index (χ3n) is 3.51. The van der Waals surface area contributed by atoms with Gasteiger partial charge in [0.15, 0.2) is 0 Å². The molecule has 0 aromatic heterocycles. The molecule has 6 heteroatoms. The van der Waals surface area contributed by atoms with Crippen molar-refractivity contribution in [1.82, 2.24) is 10.4 Å². The van der Waals surface area contributed by atoms with Gasteiger partial charge in [0.1, 0.15) is 6.04 Å². The first-order valence-corrected chi connectivity index (χ1v) is 6.83. The van der Waals surface area contributed by atoms with Gasteiger partial charge in [0.05, 0.1) is 5.41 Å². The third-order valence-corrected chi connectivity index (χ3v) is 3.51. The van der Waals surface area contributed by atoms with E-state index >= 15 is 0 Å². The summed E-state index contributed by atoms with van der Waals surface area (Å²) in [6.07, 6.45) is -0.995. The van der Waals surface area contributed by atoms with Crippen LogP contribution >= 0.6 is 0 Å². The molecule has 0 saturated carbocycles. The fourth-order valence-corrected chi connectivity index (χ4v) is 2.27. The fraction of sp³-hybridized carbons (Fsp3) is 0.923. The number of unbranched alkanes of at least 4 members (excludes halogenated alkanes) is 3. The van der Waals surface area contributed by atoms with E-state index in [2.05, 4.69) is 5.43 Å². The number of carbonyl (C=O) groups excluding carboxylic acids is 1. The van der Waals surface area contributed by atoms with Crippen molar-refractivity contribution in [3.05, 3.63) is 0 Å². The Bertz CT molecular complexity index is 316. The molecule has 1 N–H and O–H groups in total. The van der Waals surface area contributed by atoms with Crippen molar-refractivity contribution in [2.24, 2.45) is 5.41 Å². The maximum absolute atomic E-state index is 13.1. The molecule has 0 aromatic carbocycles. The standard InChI is InChI=1S/C13H23F3N2O/c1-4-5-6-7-8-10(13(14,15)16)18-9-12(2,3)11(19)17-18/h10H,4-9H2,1-3H3,(H,17,19). The predicted molar refractivity (Wildman–Crippen MR) is 67.2 cm³/mol. The SMILES string of the molecule is CCCCCCC(N1CC(C)(C)C(=O)N1)C(F)(F)F. The van der Waals surface area contributed by atoms with Gasteiger partial charge in [-0.2, -0.15) is 13.2 Å². The van der Waals surface area contributed by atoms with Crippen molar-refractivity contribution in [2.45, 2.75) is 65.1 Å². The molecule has 0 spiro atoms. The van der Waals surface area contributed by atoms with Crippen LogP contribution in [0.3, 0.4) is 0 Å². The first kappa shape index (κ1) is 16.3. The van der Waals surface area contributed by atoms with E-state index in [4.69, 9.17) is 0 Å². The van der Waals surface area contributed by atoms with Crippen LogP contribution in [-0.4, -0.2) is 29.7 Å². The maximum Gasteiger partial charge on any atom is 0.405 e. The minimum atomic E-state index is -4.31. The molecule has 1 amide bonds. The third kappa shape index (κ3) is 4.37. The van der Waals surface area contributed by atoms with Gasteiger partial charge >= 0.3 is 6.18 Å². The largest absolute Gasteiger partial charge is 0.405 e. The molecule has 1 saturated heterocycles. The lowest BCUT2D eigenvalue weighted by molar-refractivity contribution is -0.190. The molecule has 19 heavy (non-hydrogen) atoms. The Morgan fingerprint density at radius 3 is 2.37 bits per heavy atom. The van der Waals surface area contributed by atoms with Crippen LogP contribution in [0.1, 0.15) is 52.9 Å². The van der Waals surface area contributed by atoms with E-state index in [1.165, 1.54) is 0 Å². The Kier molecular flexibility index (Phi) is 5.24. The van der Waals surface area contributed by atoms with Crippen molar-refractivity contribution < 1.29 is 18.0 Å². The van der Waals surface area contributed by atoms with Gasteiger partial charge in [-0.1, -0.05) is 32.6 Å². The second-order valence-electron chi connectivity index (χ2n) is 5.86. The molecule has 1 fully saturated rings. The molecule has 1 heterocycles. The monoisotopic (exact) mass is 280 g/mol. The molecule has 112 valence electrons. The number of nitrogens with one attached hydrogen (secondary N) is 1. The summed E-state index contributed by atoms with van der Waals surface area (Å²) in [7, 11) is 0. The average Bonchev–Trinajstić information content (AvgIpc) is 2.51. The smallest absolute Gasteiger partial charge is 0.288 e. The zero-order valence-corrected chi connectivity index (χ0v) is 11.8. The van der Waals surface area contributed by atoms with Gasteiger partial charge in [-0.3, -0.25) is 10.2 Å². The molecule has 1 aliphatic rings. The lowest BCUT2D eigenvalue weighted by Gasteiger charge is -2.29. The first-order chi connectivity index (χ1) is 8.68. The number of hydrogen-bond donors (Lipinski definition) is 1. The van der Waals surface area contributed by atoms with Gasteiger partial charge in [0.25, 0.3) is 0 Å². The highest BCUT2D eigenvalue weighted by molar-refractivity contribution is 5.83. The molecule has 1 unspecified atom stereocenters. The zero-order valence-electron chi connectivity index (χ0n) is 11.8. The minimum Gasteiger partial charge on any atom is -0.288 e. The van der Waals surface area contributed by atoms with Crippen molar-refractivity contribution in [1.29, 1.82) is 0 Å². The van der Waals surface area contributed by atoms with Gasteiger partial charge in [0.2, 0.25) is 5.91 Å². The molecular weight excluding hydrogens is 257 g/mol. The Balaban J connectivity index is 2.63. The zero-order chi connectivity index (χ0) is 14.7. The number of rotatable bonds is 6. The first-order valence-electron chi connectivity index (χ1n) is 6.83. The van der Waals surface area contributed by atoms with E-state index < -0.39 is 17.6 Å². The Morgan fingerprint density at radius 2 is 1.95 bits per heavy atom. The van der Waals surface area contributed by atoms with Crippen LogP contribution < -0.4 is 5.43 Å². The van der Waals surface area contributed by atoms with E-state index in [0.717, 1.165) is 24.3 Å². The molecule has 0 aromatic rings. The minimum absolute atomic E-state index is 0.0415. The van der Waals surface area contributed by atoms with Crippen molar-refractivity contribution in [3.8, 4) is 0 Å². The molecular formula is C13H23F3N2O. The lowest BCUT2D eigenvalue weighted by atomic mass is 9.94. The Hall–Kier alpha value is -0.780. The summed E-state index contributed by atoms with van der Waals surface area (Å²) in [6, 6.07) is -1.57. The van der Waals surface area contributed by atoms with Crippen LogP contribution in [0.4, 0.5) is 13.2 Å². The van der Waals surface area contributed by atoms with Gasteiger partial charge in [-0.15, -0.1) is 0 Å². The number of halogens is 3. The highest BCUT2D eigenvalue weighted by Gasteiger charge is 2.49. The van der Waals surface area contributed by atoms with Crippen molar-refractivity contribution >= 4 is 5.91 Å². The van der Waals surface area contributed by atoms with E-state index in [9.17, 15) is 18.0 Å². The number of hydrogen-bond acceptors (Lipinski definition) is 2. The summed E-state index contributed by atoms with van der Waals surface area (Å²) in [5.74, 6) is -0.338. The fourth-order valence-electron chi connectivity index (χ4n) is 2.27. The van der Waals surface area contributed by atoms with Crippen LogP contribution in [0.25, 0.3) is 0 Å². The van der Waals surface area contributed by atoms with E-state index in [-0.39, 0.29) is 18.9 Å². The molecule has 1 rings (SSSR count). The lowest BCUT2D eigenvalue weighted by Crippen LogP contribution is -2.49. The van der Waals surface area contributed by atoms with Gasteiger partial charge in [-0.05, 0) is 20.3 Å². The van der Waals surface area contributed by atoms with Crippen LogP contribution in [0.2, 0.25) is 0 Å². The average molecular weight is 280 g/mol. The number of amides is 1. The summed E-state index contributed by atoms with van der Waals surface area (Å²) < 4.78 is 39.2. The highest BCUT2D eigenvalue weighted by Crippen LogP contribution is 2.33. The number of hydrazine groups is 1. The summed E-state index contributed by atoms with van der Waals surface area (Å²) in [4.78, 5) is 11.6. The van der Waals surface area contributed by atoms with Crippen molar-refractivity contribution in [2.75, 3.05) is 6.54 Å². The maximum atomic E-state index is 13.1. The van der Waals surface area contributed by atoms with E-state index in [1.54, 1.807) is 13.8 Å². The number of carbonyl (C=O) groups is 1. The second kappa shape index (κ2) is 6.11. The van der Waals surface area contributed by atoms with Crippen LogP contribution in [0, 0.1) is 5.41 Å². The van der Waals surface area contributed by atoms with Crippen LogP contribution in [0.15, 0.2) is 0 Å². The normalized spacial score (nSPS) is 21.5. The molecule has 1 aliphatic heterocycles. The Labute approximate surface area is 112 Å². The molecule has 1 atom stereocenters. The van der Waals surface area contributed by atoms with Gasteiger partial charge in [-0.25, -0.2) is 5.01 Å². The molecule has 0 bridgehead atoms. The van der Waals surface area contributed by atoms with Crippen molar-refractivity contribution in [3.63, 3.8) is 0 Å². The summed E-state index contributed by atoms with van der Waals surface area (Å²) in [5.41, 5.74) is 1.61. The van der Waals surface area contributed by atoms with Gasteiger partial charge in [0, 0.05) is 6.54 Å². The molecule has 3 nitrogen and oxygen atoms in total. The van der Waals surface area contributed by atoms with Gasteiger partial charge < -0.3 is 0 Å². The molecule has 0 aliphatic carbocycles. The van der Waals surface area contributed by atoms with E-state index in [1.807, 2.05) is 6.92 Å². The van der Waals surface area contributed by atoms with E-state index in [0.29, 0.717) is 6.42 Å². The molecule has 0 radical (unpaired) electrons. The summed E-state index contributed by atoms with van der Waals surface area (Å²) in [6.45, 7) is 5.44. The predicted octanol–water partition coefficient (Wildman–Crippen LogP) is 3.26.